The van der Waals surface area contributed by atoms with Crippen LogP contribution < -0.4 is 4.74 Å². The molecule has 0 aliphatic rings. The maximum absolute atomic E-state index is 5.74. The lowest BCUT2D eigenvalue weighted by molar-refractivity contribution is 0.363. The van der Waals surface area contributed by atoms with Crippen LogP contribution in [0, 0.1) is 0 Å². The van der Waals surface area contributed by atoms with Crippen LogP contribution in [0.1, 0.15) is 0 Å². The summed E-state index contributed by atoms with van der Waals surface area (Å²) in [5.74, 6) is 0.913. The Labute approximate surface area is 150 Å². The number of thiophene rings is 1. The van der Waals surface area contributed by atoms with Crippen molar-refractivity contribution in [3.8, 4) is 16.9 Å². The quantitative estimate of drug-likeness (QED) is 0.320. The highest BCUT2D eigenvalue weighted by Gasteiger charge is 2.07. The van der Waals surface area contributed by atoms with Gasteiger partial charge in [0.25, 0.3) is 0 Å². The smallest absolute Gasteiger partial charge is 0.121 e. The van der Waals surface area contributed by atoms with E-state index in [2.05, 4.69) is 73.6 Å². The summed E-state index contributed by atoms with van der Waals surface area (Å²) < 4.78 is 8.09. The number of benzene rings is 2. The van der Waals surface area contributed by atoms with Gasteiger partial charge in [-0.15, -0.1) is 11.3 Å². The Balaban J connectivity index is 1.86. The van der Waals surface area contributed by atoms with Crippen LogP contribution in [0.15, 0.2) is 64.5 Å². The van der Waals surface area contributed by atoms with E-state index in [1.807, 2.05) is 18.2 Å². The zero-order valence-corrected chi connectivity index (χ0v) is 15.7. The summed E-state index contributed by atoms with van der Waals surface area (Å²) in [6.45, 7) is 0.599. The third-order valence-electron chi connectivity index (χ3n) is 3.30. The van der Waals surface area contributed by atoms with Crippen molar-refractivity contribution in [2.75, 3.05) is 11.9 Å². The van der Waals surface area contributed by atoms with E-state index in [-0.39, 0.29) is 0 Å². The Morgan fingerprint density at radius 2 is 1.86 bits per heavy atom. The third-order valence-corrected chi connectivity index (χ3v) is 5.15. The van der Waals surface area contributed by atoms with Gasteiger partial charge in [-0.1, -0.05) is 56.1 Å². The number of ether oxygens (including phenoxy) is 1. The first-order chi connectivity index (χ1) is 10.8. The molecule has 0 radical (unpaired) electrons. The van der Waals surface area contributed by atoms with E-state index < -0.39 is 0 Å². The van der Waals surface area contributed by atoms with Gasteiger partial charge in [-0.3, -0.25) is 0 Å². The summed E-state index contributed by atoms with van der Waals surface area (Å²) in [5, 5.41) is 4.34. The molecule has 0 saturated heterocycles. The van der Waals surface area contributed by atoms with Crippen molar-refractivity contribution in [1.82, 2.24) is 0 Å². The normalized spacial score (nSPS) is 11.4. The summed E-state index contributed by atoms with van der Waals surface area (Å²) in [6, 6.07) is 14.7. The Hall–Kier alpha value is -1.10. The molecule has 0 aliphatic heterocycles. The van der Waals surface area contributed by atoms with E-state index in [1.54, 1.807) is 11.3 Å². The molecule has 0 atom stereocenters. The predicted octanol–water partition coefficient (Wildman–Crippen LogP) is 6.66. The van der Waals surface area contributed by atoms with Crippen LogP contribution in [0.3, 0.4) is 0 Å². The number of hydrogen-bond acceptors (Lipinski definition) is 2. The molecular weight excluding hydrogens is 424 g/mol. The first kappa shape index (κ1) is 15.8. The van der Waals surface area contributed by atoms with Gasteiger partial charge in [-0.25, -0.2) is 0 Å². The van der Waals surface area contributed by atoms with Gasteiger partial charge in [-0.2, -0.15) is 0 Å². The van der Waals surface area contributed by atoms with Crippen LogP contribution in [-0.4, -0.2) is 11.9 Å². The van der Waals surface area contributed by atoms with Crippen LogP contribution in [0.25, 0.3) is 21.2 Å². The molecule has 4 heteroatoms. The van der Waals surface area contributed by atoms with Gasteiger partial charge in [0, 0.05) is 25.5 Å². The van der Waals surface area contributed by atoms with Gasteiger partial charge in [0.2, 0.25) is 0 Å². The Morgan fingerprint density at radius 1 is 1.05 bits per heavy atom. The largest absolute Gasteiger partial charge is 0.489 e. The fourth-order valence-electron chi connectivity index (χ4n) is 2.23. The van der Waals surface area contributed by atoms with Crippen molar-refractivity contribution in [2.24, 2.45) is 0 Å². The van der Waals surface area contributed by atoms with Crippen LogP contribution in [0.5, 0.6) is 5.75 Å². The Kier molecular flexibility index (Phi) is 5.34. The molecule has 3 rings (SSSR count). The van der Waals surface area contributed by atoms with Crippen molar-refractivity contribution >= 4 is 53.3 Å². The van der Waals surface area contributed by atoms with E-state index in [1.165, 1.54) is 21.2 Å². The van der Waals surface area contributed by atoms with Crippen LogP contribution >= 0.6 is 43.2 Å². The second kappa shape index (κ2) is 7.44. The van der Waals surface area contributed by atoms with Crippen molar-refractivity contribution in [3.05, 3.63) is 64.5 Å². The van der Waals surface area contributed by atoms with Crippen LogP contribution in [0.4, 0.5) is 0 Å². The highest BCUT2D eigenvalue weighted by atomic mass is 79.9. The number of alkyl halides is 1. The topological polar surface area (TPSA) is 9.23 Å². The van der Waals surface area contributed by atoms with E-state index in [0.29, 0.717) is 6.61 Å². The van der Waals surface area contributed by atoms with Crippen molar-refractivity contribution in [1.29, 1.82) is 0 Å². The first-order valence-electron chi connectivity index (χ1n) is 6.89. The molecule has 0 bridgehead atoms. The molecular formula is C18H14Br2OS. The molecule has 2 aromatic carbocycles. The summed E-state index contributed by atoms with van der Waals surface area (Å²) in [5.41, 5.74) is 2.52. The zero-order valence-electron chi connectivity index (χ0n) is 11.8. The molecule has 1 heterocycles. The van der Waals surface area contributed by atoms with E-state index in [9.17, 15) is 0 Å². The minimum atomic E-state index is 0.599. The highest BCUT2D eigenvalue weighted by Crippen LogP contribution is 2.36. The Morgan fingerprint density at radius 3 is 2.64 bits per heavy atom. The summed E-state index contributed by atoms with van der Waals surface area (Å²) in [6.07, 6.45) is 4.05. The summed E-state index contributed by atoms with van der Waals surface area (Å²) in [7, 11) is 0. The number of allylic oxidation sites excluding steroid dienone is 1. The average molecular weight is 438 g/mol. The highest BCUT2D eigenvalue weighted by molar-refractivity contribution is 9.10. The minimum Gasteiger partial charge on any atom is -0.489 e. The monoisotopic (exact) mass is 436 g/mol. The minimum absolute atomic E-state index is 0.599. The molecule has 3 aromatic rings. The zero-order chi connectivity index (χ0) is 15.4. The maximum Gasteiger partial charge on any atom is 0.121 e. The first-order valence-corrected chi connectivity index (χ1v) is 9.68. The molecule has 112 valence electrons. The van der Waals surface area contributed by atoms with Gasteiger partial charge in [0.1, 0.15) is 12.4 Å². The molecule has 0 amide bonds. The third kappa shape index (κ3) is 3.62. The van der Waals surface area contributed by atoms with Gasteiger partial charge in [0.15, 0.2) is 0 Å². The molecule has 0 fully saturated rings. The van der Waals surface area contributed by atoms with Gasteiger partial charge < -0.3 is 4.74 Å². The van der Waals surface area contributed by atoms with E-state index in [4.69, 9.17) is 4.74 Å². The van der Waals surface area contributed by atoms with Crippen LogP contribution in [0.2, 0.25) is 0 Å². The van der Waals surface area contributed by atoms with E-state index in [0.717, 1.165) is 15.6 Å². The van der Waals surface area contributed by atoms with E-state index >= 15 is 0 Å². The molecule has 0 saturated carbocycles. The molecule has 0 aliphatic carbocycles. The van der Waals surface area contributed by atoms with Gasteiger partial charge >= 0.3 is 0 Å². The predicted molar refractivity (Wildman–Crippen MR) is 103 cm³/mol. The SMILES string of the molecule is BrCC=CCOc1ccc2c(-c3ccc(Br)cc3)csc2c1. The number of hydrogen-bond donors (Lipinski definition) is 0. The van der Waals surface area contributed by atoms with Crippen molar-refractivity contribution in [3.63, 3.8) is 0 Å². The summed E-state index contributed by atoms with van der Waals surface area (Å²) in [4.78, 5) is 0. The fraction of sp³-hybridized carbons (Fsp3) is 0.111. The standard InChI is InChI=1S/C18H14Br2OS/c19-9-1-2-10-21-15-7-8-16-17(12-22-18(16)11-15)13-3-5-14(20)6-4-13/h1-8,11-12H,9-10H2. The Bertz CT molecular complexity index is 790. The lowest BCUT2D eigenvalue weighted by Crippen LogP contribution is -1.92. The van der Waals surface area contributed by atoms with Crippen LogP contribution in [-0.2, 0) is 0 Å². The second-order valence-electron chi connectivity index (χ2n) is 4.75. The van der Waals surface area contributed by atoms with Crippen molar-refractivity contribution in [2.45, 2.75) is 0 Å². The lowest BCUT2D eigenvalue weighted by atomic mass is 10.1. The molecule has 0 spiro atoms. The number of halogens is 2. The average Bonchev–Trinajstić information content (AvgIpc) is 2.95. The van der Waals surface area contributed by atoms with Crippen molar-refractivity contribution < 1.29 is 4.74 Å². The van der Waals surface area contributed by atoms with Gasteiger partial charge in [0.05, 0.1) is 0 Å². The van der Waals surface area contributed by atoms with Gasteiger partial charge in [-0.05, 0) is 41.3 Å². The molecule has 0 unspecified atom stereocenters. The second-order valence-corrected chi connectivity index (χ2v) is 7.23. The molecule has 1 aromatic heterocycles. The molecule has 0 N–H and O–H groups in total. The number of rotatable bonds is 5. The summed E-state index contributed by atoms with van der Waals surface area (Å²) >= 11 is 8.59. The maximum atomic E-state index is 5.74. The lowest BCUT2D eigenvalue weighted by Gasteiger charge is -2.04. The fourth-order valence-corrected chi connectivity index (χ4v) is 3.75. The number of fused-ring (bicyclic) bond motifs is 1. The molecule has 22 heavy (non-hydrogen) atoms. The molecule has 1 nitrogen and oxygen atoms in total.